The van der Waals surface area contributed by atoms with Crippen LogP contribution in [-0.4, -0.2) is 31.2 Å². The van der Waals surface area contributed by atoms with Crippen LogP contribution in [0.4, 0.5) is 0 Å². The van der Waals surface area contributed by atoms with Crippen LogP contribution in [0.2, 0.25) is 0 Å². The first-order valence-electron chi connectivity index (χ1n) is 7.35. The van der Waals surface area contributed by atoms with E-state index in [9.17, 15) is 13.2 Å². The summed E-state index contributed by atoms with van der Waals surface area (Å²) >= 11 is 0. The van der Waals surface area contributed by atoms with E-state index in [-0.39, 0.29) is 12.5 Å². The molecule has 0 unspecified atom stereocenters. The molecule has 1 amide bonds. The lowest BCUT2D eigenvalue weighted by Crippen LogP contribution is -2.27. The van der Waals surface area contributed by atoms with Gasteiger partial charge >= 0.3 is 0 Å². The molecule has 0 aliphatic heterocycles. The van der Waals surface area contributed by atoms with Crippen LogP contribution in [0.3, 0.4) is 0 Å². The number of allylic oxidation sites excluding steroid dienone is 1. The van der Waals surface area contributed by atoms with E-state index in [1.165, 1.54) is 44.6 Å². The molecule has 0 saturated heterocycles. The normalized spacial score (nSPS) is 11.9. The maximum absolute atomic E-state index is 11.3. The van der Waals surface area contributed by atoms with Crippen molar-refractivity contribution in [3.8, 4) is 0 Å². The van der Waals surface area contributed by atoms with E-state index in [4.69, 9.17) is 4.55 Å². The fraction of sp³-hybridized carbons (Fsp3) is 0.786. The molecule has 0 radical (unpaired) electrons. The Balaban J connectivity index is 3.43. The second-order valence-corrected chi connectivity index (χ2v) is 6.46. The number of carbonyl (C=O) groups excluding carboxylic acids is 1. The molecule has 0 aromatic carbocycles. The van der Waals surface area contributed by atoms with E-state index in [0.29, 0.717) is 0 Å². The molecular weight excluding hydrogens is 278 g/mol. The topological polar surface area (TPSA) is 83.5 Å². The van der Waals surface area contributed by atoms with Crippen LogP contribution < -0.4 is 5.32 Å². The zero-order valence-corrected chi connectivity index (χ0v) is 13.1. The van der Waals surface area contributed by atoms with Crippen molar-refractivity contribution in [1.82, 2.24) is 5.32 Å². The highest BCUT2D eigenvalue weighted by atomic mass is 32.2. The summed E-state index contributed by atoms with van der Waals surface area (Å²) in [7, 11) is -4.00. The molecule has 2 N–H and O–H groups in total. The molecule has 0 aliphatic carbocycles. The Kier molecular flexibility index (Phi) is 11.4. The van der Waals surface area contributed by atoms with Gasteiger partial charge in [-0.2, -0.15) is 8.42 Å². The molecule has 20 heavy (non-hydrogen) atoms. The minimum absolute atomic E-state index is 0.0700. The molecule has 0 aromatic rings. The molecule has 5 nitrogen and oxygen atoms in total. The number of nitrogens with one attached hydrogen (secondary N) is 1. The maximum atomic E-state index is 11.3. The highest BCUT2D eigenvalue weighted by Gasteiger charge is 2.04. The van der Waals surface area contributed by atoms with E-state index >= 15 is 0 Å². The first-order chi connectivity index (χ1) is 9.45. The van der Waals surface area contributed by atoms with Gasteiger partial charge in [0.15, 0.2) is 0 Å². The summed E-state index contributed by atoms with van der Waals surface area (Å²) in [6.45, 7) is 2.13. The molecule has 0 rings (SSSR count). The number of carbonyl (C=O) groups is 1. The monoisotopic (exact) mass is 305 g/mol. The summed E-state index contributed by atoms with van der Waals surface area (Å²) in [5.41, 5.74) is 0. The molecule has 0 heterocycles. The molecule has 0 saturated carbocycles. The van der Waals surface area contributed by atoms with E-state index in [1.807, 2.05) is 0 Å². The molecule has 0 fully saturated rings. The third kappa shape index (κ3) is 15.2. The van der Waals surface area contributed by atoms with Crippen molar-refractivity contribution < 1.29 is 17.8 Å². The Hall–Kier alpha value is -0.880. The minimum Gasteiger partial charge on any atom is -0.351 e. The van der Waals surface area contributed by atoms with Gasteiger partial charge in [0.2, 0.25) is 5.91 Å². The Bertz CT molecular complexity index is 377. The summed E-state index contributed by atoms with van der Waals surface area (Å²) in [6, 6.07) is 0. The van der Waals surface area contributed by atoms with Crippen molar-refractivity contribution >= 4 is 16.0 Å². The number of amides is 1. The first-order valence-corrected chi connectivity index (χ1v) is 8.96. The zero-order valence-electron chi connectivity index (χ0n) is 12.3. The third-order valence-corrected chi connectivity index (χ3v) is 3.62. The number of rotatable bonds is 12. The van der Waals surface area contributed by atoms with Crippen LogP contribution in [0, 0.1) is 0 Å². The maximum Gasteiger partial charge on any atom is 0.266 e. The van der Waals surface area contributed by atoms with Crippen LogP contribution in [0.1, 0.15) is 58.3 Å². The van der Waals surface area contributed by atoms with Gasteiger partial charge < -0.3 is 5.32 Å². The van der Waals surface area contributed by atoms with Crippen molar-refractivity contribution in [1.29, 1.82) is 0 Å². The van der Waals surface area contributed by atoms with Gasteiger partial charge in [-0.25, -0.2) is 0 Å². The van der Waals surface area contributed by atoms with E-state index in [2.05, 4.69) is 12.2 Å². The largest absolute Gasteiger partial charge is 0.351 e. The Labute approximate surface area is 122 Å². The SMILES string of the molecule is CCCCCCCCC/C=C/C(=O)NCCS(=O)(=O)O. The van der Waals surface area contributed by atoms with Crippen LogP contribution in [0.15, 0.2) is 12.2 Å². The minimum atomic E-state index is -4.00. The smallest absolute Gasteiger partial charge is 0.266 e. The molecule has 0 atom stereocenters. The van der Waals surface area contributed by atoms with Gasteiger partial charge in [-0.1, -0.05) is 51.5 Å². The number of hydrogen-bond acceptors (Lipinski definition) is 3. The van der Waals surface area contributed by atoms with E-state index in [1.54, 1.807) is 6.08 Å². The Morgan fingerprint density at radius 2 is 1.70 bits per heavy atom. The second-order valence-electron chi connectivity index (χ2n) is 4.89. The molecule has 0 aliphatic rings. The predicted molar refractivity (Wildman–Crippen MR) is 81.2 cm³/mol. The average molecular weight is 305 g/mol. The zero-order chi connectivity index (χ0) is 15.3. The lowest BCUT2D eigenvalue weighted by atomic mass is 10.1. The quantitative estimate of drug-likeness (QED) is 0.330. The van der Waals surface area contributed by atoms with Crippen LogP contribution in [-0.2, 0) is 14.9 Å². The standard InChI is InChI=1S/C14H27NO4S/c1-2-3-4-5-6-7-8-9-10-11-14(16)15-12-13-20(17,18)19/h10-11H,2-9,12-13H2,1H3,(H,15,16)(H,17,18,19)/b11-10+. The highest BCUT2D eigenvalue weighted by Crippen LogP contribution is 2.08. The van der Waals surface area contributed by atoms with Crippen molar-refractivity contribution in [3.05, 3.63) is 12.2 Å². The summed E-state index contributed by atoms with van der Waals surface area (Å²) in [5.74, 6) is -0.777. The fourth-order valence-electron chi connectivity index (χ4n) is 1.77. The van der Waals surface area contributed by atoms with Crippen molar-refractivity contribution in [2.24, 2.45) is 0 Å². The van der Waals surface area contributed by atoms with Crippen LogP contribution in [0.25, 0.3) is 0 Å². The van der Waals surface area contributed by atoms with E-state index < -0.39 is 15.9 Å². The van der Waals surface area contributed by atoms with Gasteiger partial charge in [0.25, 0.3) is 10.1 Å². The van der Waals surface area contributed by atoms with Gasteiger partial charge in [0, 0.05) is 6.54 Å². The fourth-order valence-corrected chi connectivity index (χ4v) is 2.13. The highest BCUT2D eigenvalue weighted by molar-refractivity contribution is 7.85. The number of hydrogen-bond donors (Lipinski definition) is 2. The van der Waals surface area contributed by atoms with Gasteiger partial charge in [-0.15, -0.1) is 0 Å². The van der Waals surface area contributed by atoms with Gasteiger partial charge in [-0.05, 0) is 18.9 Å². The molecule has 0 bridgehead atoms. The van der Waals surface area contributed by atoms with Gasteiger partial charge in [0.1, 0.15) is 0 Å². The predicted octanol–water partition coefficient (Wildman–Crippen LogP) is 2.69. The molecule has 0 spiro atoms. The van der Waals surface area contributed by atoms with Crippen LogP contribution >= 0.6 is 0 Å². The lowest BCUT2D eigenvalue weighted by Gasteiger charge is -2.00. The third-order valence-electron chi connectivity index (χ3n) is 2.90. The van der Waals surface area contributed by atoms with Crippen molar-refractivity contribution in [2.45, 2.75) is 58.3 Å². The number of unbranched alkanes of at least 4 members (excludes halogenated alkanes) is 7. The second kappa shape index (κ2) is 11.9. The summed E-state index contributed by atoms with van der Waals surface area (Å²) < 4.78 is 29.3. The summed E-state index contributed by atoms with van der Waals surface area (Å²) in [4.78, 5) is 11.3. The molecule has 118 valence electrons. The average Bonchev–Trinajstić information content (AvgIpc) is 2.35. The summed E-state index contributed by atoms with van der Waals surface area (Å²) in [5, 5.41) is 2.40. The Morgan fingerprint density at radius 3 is 2.30 bits per heavy atom. The Morgan fingerprint density at radius 1 is 1.10 bits per heavy atom. The first kappa shape index (κ1) is 19.1. The molecular formula is C14H27NO4S. The van der Waals surface area contributed by atoms with Crippen molar-refractivity contribution in [3.63, 3.8) is 0 Å². The van der Waals surface area contributed by atoms with Gasteiger partial charge in [-0.3, -0.25) is 9.35 Å². The van der Waals surface area contributed by atoms with Crippen molar-refractivity contribution in [2.75, 3.05) is 12.3 Å². The summed E-state index contributed by atoms with van der Waals surface area (Å²) in [6.07, 6.45) is 12.7. The van der Waals surface area contributed by atoms with E-state index in [0.717, 1.165) is 12.8 Å². The van der Waals surface area contributed by atoms with Gasteiger partial charge in [0.05, 0.1) is 5.75 Å². The molecule has 6 heteroatoms. The van der Waals surface area contributed by atoms with Crippen LogP contribution in [0.5, 0.6) is 0 Å². The lowest BCUT2D eigenvalue weighted by molar-refractivity contribution is -0.116. The molecule has 0 aromatic heterocycles.